The molecule has 0 saturated heterocycles. The number of hydrogen-bond acceptors (Lipinski definition) is 4. The third-order valence-corrected chi connectivity index (χ3v) is 6.37. The Labute approximate surface area is 105 Å². The monoisotopic (exact) mass is 254 g/mol. The summed E-state index contributed by atoms with van der Waals surface area (Å²) in [7, 11) is -2.17. The first kappa shape index (κ1) is 16.1. The Kier molecular flexibility index (Phi) is 9.75. The van der Waals surface area contributed by atoms with E-state index in [2.05, 4.69) is 12.1 Å². The minimum Gasteiger partial charge on any atom is -0.394 e. The van der Waals surface area contributed by atoms with Crippen molar-refractivity contribution in [2.45, 2.75) is 51.6 Å². The summed E-state index contributed by atoms with van der Waals surface area (Å²) in [6, 6.07) is 6.01. The van der Waals surface area contributed by atoms with Crippen molar-refractivity contribution < 1.29 is 8.85 Å². The molecular weight excluding hydrogens is 232 g/mol. The van der Waals surface area contributed by atoms with Gasteiger partial charge in [0.15, 0.2) is 0 Å². The molecule has 0 atom stereocenters. The molecular formula is C12H22N2O2Si. The lowest BCUT2D eigenvalue weighted by molar-refractivity contribution is 0.181. The van der Waals surface area contributed by atoms with Gasteiger partial charge in [0.05, 0.1) is 12.1 Å². The molecule has 0 saturated carbocycles. The van der Waals surface area contributed by atoms with Gasteiger partial charge in [-0.15, -0.1) is 0 Å². The Hall–Kier alpha value is -0.883. The zero-order chi connectivity index (χ0) is 13.0. The van der Waals surface area contributed by atoms with E-state index in [0.29, 0.717) is 26.1 Å². The number of unbranched alkanes of at least 4 members (excludes halogenated alkanes) is 2. The summed E-state index contributed by atoms with van der Waals surface area (Å²) in [5.74, 6) is 0. The van der Waals surface area contributed by atoms with Crippen LogP contribution in [0.1, 0.15) is 39.5 Å². The molecule has 0 radical (unpaired) electrons. The van der Waals surface area contributed by atoms with Crippen molar-refractivity contribution in [3.05, 3.63) is 0 Å². The first-order valence-electron chi connectivity index (χ1n) is 6.26. The van der Waals surface area contributed by atoms with E-state index in [0.717, 1.165) is 24.9 Å². The molecule has 4 nitrogen and oxygen atoms in total. The molecule has 0 unspecified atom stereocenters. The van der Waals surface area contributed by atoms with E-state index in [1.165, 1.54) is 0 Å². The minimum atomic E-state index is -2.17. The van der Waals surface area contributed by atoms with E-state index < -0.39 is 8.56 Å². The Bertz CT molecular complexity index is 243. The summed E-state index contributed by atoms with van der Waals surface area (Å²) in [5, 5.41) is 17.2. The predicted octanol–water partition coefficient (Wildman–Crippen LogP) is 3.11. The second kappa shape index (κ2) is 10.3. The van der Waals surface area contributed by atoms with Crippen molar-refractivity contribution in [1.82, 2.24) is 0 Å². The quantitative estimate of drug-likeness (QED) is 0.444. The Morgan fingerprint density at radius 2 is 1.29 bits per heavy atom. The van der Waals surface area contributed by atoms with Gasteiger partial charge in [-0.2, -0.15) is 10.5 Å². The van der Waals surface area contributed by atoms with Gasteiger partial charge in [-0.1, -0.05) is 0 Å². The number of nitrogens with zero attached hydrogens (tertiary/aromatic N) is 2. The van der Waals surface area contributed by atoms with Crippen LogP contribution in [-0.4, -0.2) is 21.8 Å². The fraction of sp³-hybridized carbons (Fsp3) is 0.833. The molecule has 0 bridgehead atoms. The first-order valence-corrected chi connectivity index (χ1v) is 8.49. The Morgan fingerprint density at radius 3 is 1.59 bits per heavy atom. The van der Waals surface area contributed by atoms with Crippen LogP contribution in [0.5, 0.6) is 0 Å². The Balaban J connectivity index is 4.37. The van der Waals surface area contributed by atoms with Crippen molar-refractivity contribution in [3.63, 3.8) is 0 Å². The normalized spacial score (nSPS) is 10.8. The summed E-state index contributed by atoms with van der Waals surface area (Å²) < 4.78 is 11.7. The van der Waals surface area contributed by atoms with Crippen LogP contribution >= 0.6 is 0 Å². The van der Waals surface area contributed by atoms with Crippen LogP contribution in [0.3, 0.4) is 0 Å². The standard InChI is InChI=1S/C12H22N2O2Si/c1-3-15-17(16-4-2,11-7-5-9-13)12-8-6-10-14/h3-8,11-12H2,1-2H3. The summed E-state index contributed by atoms with van der Waals surface area (Å²) in [6.45, 7) is 5.22. The van der Waals surface area contributed by atoms with Gasteiger partial charge in [0.2, 0.25) is 0 Å². The third kappa shape index (κ3) is 7.12. The lowest BCUT2D eigenvalue weighted by atomic mass is 10.4. The second-order valence-electron chi connectivity index (χ2n) is 3.80. The highest BCUT2D eigenvalue weighted by atomic mass is 28.4. The smallest absolute Gasteiger partial charge is 0.338 e. The van der Waals surface area contributed by atoms with Crippen LogP contribution in [0, 0.1) is 22.7 Å². The van der Waals surface area contributed by atoms with Crippen molar-refractivity contribution >= 4 is 8.56 Å². The van der Waals surface area contributed by atoms with Crippen LogP contribution in [0.4, 0.5) is 0 Å². The summed E-state index contributed by atoms with van der Waals surface area (Å²) >= 11 is 0. The summed E-state index contributed by atoms with van der Waals surface area (Å²) in [6.07, 6.45) is 2.75. The molecule has 96 valence electrons. The van der Waals surface area contributed by atoms with Crippen LogP contribution in [0.2, 0.25) is 12.1 Å². The van der Waals surface area contributed by atoms with Gasteiger partial charge in [0.1, 0.15) is 0 Å². The average Bonchev–Trinajstić information content (AvgIpc) is 2.30. The van der Waals surface area contributed by atoms with Crippen LogP contribution < -0.4 is 0 Å². The fourth-order valence-electron chi connectivity index (χ4n) is 1.86. The van der Waals surface area contributed by atoms with Gasteiger partial charge < -0.3 is 8.85 Å². The van der Waals surface area contributed by atoms with Gasteiger partial charge in [-0.25, -0.2) is 0 Å². The minimum absolute atomic E-state index is 0.549. The molecule has 0 N–H and O–H groups in total. The van der Waals surface area contributed by atoms with Crippen molar-refractivity contribution in [1.29, 1.82) is 10.5 Å². The highest BCUT2D eigenvalue weighted by Crippen LogP contribution is 2.24. The molecule has 0 aromatic carbocycles. The van der Waals surface area contributed by atoms with E-state index >= 15 is 0 Å². The molecule has 0 rings (SSSR count). The fourth-order valence-corrected chi connectivity index (χ4v) is 5.25. The van der Waals surface area contributed by atoms with Gasteiger partial charge >= 0.3 is 8.56 Å². The van der Waals surface area contributed by atoms with Gasteiger partial charge in [-0.3, -0.25) is 0 Å². The SMILES string of the molecule is CCO[Si](CCCC#N)(CCCC#N)OCC. The largest absolute Gasteiger partial charge is 0.394 e. The van der Waals surface area contributed by atoms with E-state index in [4.69, 9.17) is 19.4 Å². The molecule has 0 aromatic heterocycles. The zero-order valence-electron chi connectivity index (χ0n) is 10.9. The van der Waals surface area contributed by atoms with Crippen LogP contribution in [0.15, 0.2) is 0 Å². The van der Waals surface area contributed by atoms with Gasteiger partial charge in [0, 0.05) is 26.1 Å². The maximum absolute atomic E-state index is 8.58. The van der Waals surface area contributed by atoms with Gasteiger partial charge in [0.25, 0.3) is 0 Å². The predicted molar refractivity (Wildman–Crippen MR) is 68.3 cm³/mol. The maximum atomic E-state index is 8.58. The van der Waals surface area contributed by atoms with Crippen molar-refractivity contribution in [2.24, 2.45) is 0 Å². The molecule has 0 fully saturated rings. The lowest BCUT2D eigenvalue weighted by Gasteiger charge is -2.29. The van der Waals surface area contributed by atoms with E-state index in [1.807, 2.05) is 13.8 Å². The third-order valence-electron chi connectivity index (χ3n) is 2.51. The topological polar surface area (TPSA) is 66.0 Å². The van der Waals surface area contributed by atoms with Crippen LogP contribution in [0.25, 0.3) is 0 Å². The molecule has 0 amide bonds. The van der Waals surface area contributed by atoms with Gasteiger partial charge in [-0.05, 0) is 38.8 Å². The van der Waals surface area contributed by atoms with Crippen LogP contribution in [-0.2, 0) is 8.85 Å². The molecule has 0 aliphatic carbocycles. The van der Waals surface area contributed by atoms with Crippen molar-refractivity contribution in [2.75, 3.05) is 13.2 Å². The summed E-state index contributed by atoms with van der Waals surface area (Å²) in [5.41, 5.74) is 0. The molecule has 0 aromatic rings. The average molecular weight is 254 g/mol. The zero-order valence-corrected chi connectivity index (χ0v) is 11.9. The van der Waals surface area contributed by atoms with E-state index in [9.17, 15) is 0 Å². The molecule has 0 aliphatic rings. The number of hydrogen-bond donors (Lipinski definition) is 0. The number of rotatable bonds is 10. The summed E-state index contributed by atoms with van der Waals surface area (Å²) in [4.78, 5) is 0. The van der Waals surface area contributed by atoms with E-state index in [1.54, 1.807) is 0 Å². The Morgan fingerprint density at radius 1 is 0.882 bits per heavy atom. The lowest BCUT2D eigenvalue weighted by Crippen LogP contribution is -2.42. The van der Waals surface area contributed by atoms with Crippen molar-refractivity contribution in [3.8, 4) is 12.1 Å². The van der Waals surface area contributed by atoms with E-state index in [-0.39, 0.29) is 0 Å². The molecule has 0 aliphatic heterocycles. The number of nitriles is 2. The second-order valence-corrected chi connectivity index (χ2v) is 7.20. The highest BCUT2D eigenvalue weighted by molar-refractivity contribution is 6.67. The molecule has 17 heavy (non-hydrogen) atoms. The molecule has 0 heterocycles. The molecule has 0 spiro atoms. The highest BCUT2D eigenvalue weighted by Gasteiger charge is 2.35. The molecule has 5 heteroatoms. The maximum Gasteiger partial charge on any atom is 0.338 e. The first-order chi connectivity index (χ1) is 8.24.